The zero-order chi connectivity index (χ0) is 22.8. The summed E-state index contributed by atoms with van der Waals surface area (Å²) in [6.07, 6.45) is -4.54. The molecule has 3 rings (SSSR count). The van der Waals surface area contributed by atoms with Crippen molar-refractivity contribution in [3.63, 3.8) is 0 Å². The molecule has 0 aliphatic heterocycles. The number of hydrogen-bond acceptors (Lipinski definition) is 6. The summed E-state index contributed by atoms with van der Waals surface area (Å²) in [6.45, 7) is 1.17. The van der Waals surface area contributed by atoms with E-state index in [1.165, 1.54) is 42.0 Å². The number of carbonyl (C=O) groups is 2. The molecule has 164 valence electrons. The number of amides is 1. The molecule has 31 heavy (non-hydrogen) atoms. The summed E-state index contributed by atoms with van der Waals surface area (Å²) in [7, 11) is 1.20. The second kappa shape index (κ2) is 8.80. The van der Waals surface area contributed by atoms with Crippen molar-refractivity contribution in [2.75, 3.05) is 7.11 Å². The maximum atomic E-state index is 13.1. The molecule has 1 amide bonds. The first-order valence-corrected chi connectivity index (χ1v) is 9.74. The minimum Gasteiger partial charge on any atom is -0.463 e. The monoisotopic (exact) mass is 454 g/mol. The molecule has 0 fully saturated rings. The lowest BCUT2D eigenvalue weighted by Gasteiger charge is -2.13. The van der Waals surface area contributed by atoms with E-state index in [0.29, 0.717) is 22.8 Å². The molecule has 7 nitrogen and oxygen atoms in total. The highest BCUT2D eigenvalue weighted by atomic mass is 32.1. The fourth-order valence-electron chi connectivity index (χ4n) is 2.91. The number of thiazole rings is 1. The first kappa shape index (κ1) is 22.3. The predicted molar refractivity (Wildman–Crippen MR) is 105 cm³/mol. The van der Waals surface area contributed by atoms with E-state index in [-0.39, 0.29) is 29.3 Å². The number of hydrogen-bond donors (Lipinski definition) is 1. The Morgan fingerprint density at radius 2 is 1.90 bits per heavy atom. The number of halogens is 3. The van der Waals surface area contributed by atoms with Gasteiger partial charge < -0.3 is 14.5 Å². The van der Waals surface area contributed by atoms with E-state index in [1.54, 1.807) is 6.92 Å². The van der Waals surface area contributed by atoms with E-state index in [4.69, 9.17) is 4.42 Å². The number of alkyl halides is 3. The van der Waals surface area contributed by atoms with Gasteiger partial charge in [0.25, 0.3) is 5.91 Å². The van der Waals surface area contributed by atoms with Crippen LogP contribution in [0, 0.1) is 6.92 Å². The van der Waals surface area contributed by atoms with E-state index < -0.39 is 28.5 Å². The van der Waals surface area contributed by atoms with E-state index in [9.17, 15) is 27.6 Å². The van der Waals surface area contributed by atoms with Crippen molar-refractivity contribution >= 4 is 23.2 Å². The molecule has 0 aliphatic rings. The number of rotatable bonds is 6. The van der Waals surface area contributed by atoms with E-state index >= 15 is 0 Å². The summed E-state index contributed by atoms with van der Waals surface area (Å²) in [5, 5.41) is 2.43. The van der Waals surface area contributed by atoms with Crippen molar-refractivity contribution in [3.8, 4) is 0 Å². The van der Waals surface area contributed by atoms with Crippen LogP contribution in [0.25, 0.3) is 0 Å². The van der Waals surface area contributed by atoms with Crippen LogP contribution in [0.15, 0.2) is 45.6 Å². The Hall–Kier alpha value is -3.34. The van der Waals surface area contributed by atoms with Gasteiger partial charge in [-0.2, -0.15) is 13.2 Å². The van der Waals surface area contributed by atoms with Crippen molar-refractivity contribution in [1.82, 2.24) is 9.88 Å². The molecule has 11 heteroatoms. The van der Waals surface area contributed by atoms with Crippen LogP contribution in [-0.2, 0) is 24.0 Å². The SMILES string of the molecule is COC(=O)c1ccc(Cn2c(C)c(C(=O)NCc3ccccc3C(F)(F)F)sc2=O)o1. The van der Waals surface area contributed by atoms with Crippen LogP contribution in [0.2, 0.25) is 0 Å². The molecule has 0 radical (unpaired) electrons. The van der Waals surface area contributed by atoms with Gasteiger partial charge in [-0.05, 0) is 30.7 Å². The number of nitrogens with one attached hydrogen (secondary N) is 1. The first-order chi connectivity index (χ1) is 14.6. The number of methoxy groups -OCH3 is 1. The van der Waals surface area contributed by atoms with Gasteiger partial charge in [0.2, 0.25) is 5.76 Å². The summed E-state index contributed by atoms with van der Waals surface area (Å²) in [4.78, 5) is 36.0. The molecule has 0 saturated carbocycles. The molecular formula is C20H17F3N2O5S. The summed E-state index contributed by atoms with van der Waals surface area (Å²) in [5.74, 6) is -1.06. The summed E-state index contributed by atoms with van der Waals surface area (Å²) in [5.41, 5.74) is -0.594. The summed E-state index contributed by atoms with van der Waals surface area (Å²) >= 11 is 0.671. The molecule has 0 saturated heterocycles. The topological polar surface area (TPSA) is 90.5 Å². The predicted octanol–water partition coefficient (Wildman–Crippen LogP) is 3.59. The first-order valence-electron chi connectivity index (χ1n) is 8.92. The van der Waals surface area contributed by atoms with Crippen LogP contribution >= 0.6 is 11.3 Å². The Morgan fingerprint density at radius 1 is 1.19 bits per heavy atom. The third-order valence-electron chi connectivity index (χ3n) is 4.47. The molecule has 0 bridgehead atoms. The molecule has 0 atom stereocenters. The van der Waals surface area contributed by atoms with Gasteiger partial charge in [0.05, 0.1) is 19.2 Å². The normalized spacial score (nSPS) is 11.4. The van der Waals surface area contributed by atoms with Crippen molar-refractivity contribution in [2.45, 2.75) is 26.2 Å². The Labute approximate surface area is 178 Å². The summed E-state index contributed by atoms with van der Waals surface area (Å²) < 4.78 is 50.5. The van der Waals surface area contributed by atoms with Gasteiger partial charge in [-0.3, -0.25) is 14.2 Å². The molecular weight excluding hydrogens is 437 g/mol. The number of nitrogens with zero attached hydrogens (tertiary/aromatic N) is 1. The van der Waals surface area contributed by atoms with Crippen LogP contribution in [0.4, 0.5) is 13.2 Å². The molecule has 3 aromatic rings. The van der Waals surface area contributed by atoms with Crippen LogP contribution in [0.1, 0.15) is 42.8 Å². The number of esters is 1. The Kier molecular flexibility index (Phi) is 6.34. The second-order valence-electron chi connectivity index (χ2n) is 6.46. The van der Waals surface area contributed by atoms with Crippen LogP contribution in [0.5, 0.6) is 0 Å². The van der Waals surface area contributed by atoms with E-state index in [1.807, 2.05) is 0 Å². The number of ether oxygens (including phenoxy) is 1. The number of carbonyl (C=O) groups excluding carboxylic acids is 2. The third kappa shape index (κ3) is 4.88. The highest BCUT2D eigenvalue weighted by Crippen LogP contribution is 2.31. The van der Waals surface area contributed by atoms with Crippen molar-refractivity contribution in [1.29, 1.82) is 0 Å². The number of aromatic nitrogens is 1. The van der Waals surface area contributed by atoms with Crippen molar-refractivity contribution < 1.29 is 31.9 Å². The highest BCUT2D eigenvalue weighted by Gasteiger charge is 2.33. The lowest BCUT2D eigenvalue weighted by molar-refractivity contribution is -0.138. The largest absolute Gasteiger partial charge is 0.463 e. The standard InChI is InChI=1S/C20H17F3N2O5S/c1-11-16(17(26)24-9-12-5-3-4-6-14(12)20(21,22)23)31-19(28)25(11)10-13-7-8-15(30-13)18(27)29-2/h3-8H,9-10H2,1-2H3,(H,24,26). The molecule has 2 heterocycles. The smallest absolute Gasteiger partial charge is 0.416 e. The molecule has 1 aromatic carbocycles. The minimum absolute atomic E-state index is 0.0254. The lowest BCUT2D eigenvalue weighted by Crippen LogP contribution is -2.24. The third-order valence-corrected chi connectivity index (χ3v) is 5.55. The van der Waals surface area contributed by atoms with Gasteiger partial charge in [0.1, 0.15) is 10.6 Å². The maximum absolute atomic E-state index is 13.1. The quantitative estimate of drug-likeness (QED) is 0.575. The molecule has 0 spiro atoms. The number of benzene rings is 1. The van der Waals surface area contributed by atoms with Gasteiger partial charge in [-0.25, -0.2) is 4.79 Å². The molecule has 2 aromatic heterocycles. The van der Waals surface area contributed by atoms with Gasteiger partial charge in [0.15, 0.2) is 0 Å². The van der Waals surface area contributed by atoms with Crippen molar-refractivity contribution in [2.24, 2.45) is 0 Å². The van der Waals surface area contributed by atoms with E-state index in [2.05, 4.69) is 10.1 Å². The number of furan rings is 1. The fraction of sp³-hybridized carbons (Fsp3) is 0.250. The van der Waals surface area contributed by atoms with Gasteiger partial charge in [-0.1, -0.05) is 29.5 Å². The molecule has 0 aliphatic carbocycles. The average Bonchev–Trinajstić information content (AvgIpc) is 3.31. The van der Waals surface area contributed by atoms with Crippen LogP contribution in [-0.4, -0.2) is 23.6 Å². The highest BCUT2D eigenvalue weighted by molar-refractivity contribution is 7.11. The maximum Gasteiger partial charge on any atom is 0.416 e. The van der Waals surface area contributed by atoms with Crippen LogP contribution in [0.3, 0.4) is 0 Å². The lowest BCUT2D eigenvalue weighted by atomic mass is 10.1. The van der Waals surface area contributed by atoms with E-state index in [0.717, 1.165) is 6.07 Å². The zero-order valence-corrected chi connectivity index (χ0v) is 17.2. The Morgan fingerprint density at radius 3 is 2.58 bits per heavy atom. The molecule has 1 N–H and O–H groups in total. The minimum atomic E-state index is -4.54. The fourth-order valence-corrected chi connectivity index (χ4v) is 3.81. The summed E-state index contributed by atoms with van der Waals surface area (Å²) in [6, 6.07) is 7.84. The van der Waals surface area contributed by atoms with Crippen molar-refractivity contribution in [3.05, 3.63) is 79.3 Å². The average molecular weight is 454 g/mol. The van der Waals surface area contributed by atoms with Gasteiger partial charge >= 0.3 is 17.0 Å². The van der Waals surface area contributed by atoms with Gasteiger partial charge in [-0.15, -0.1) is 0 Å². The Balaban J connectivity index is 1.76. The van der Waals surface area contributed by atoms with Crippen LogP contribution < -0.4 is 10.2 Å². The van der Waals surface area contributed by atoms with Gasteiger partial charge in [0, 0.05) is 12.2 Å². The second-order valence-corrected chi connectivity index (χ2v) is 7.43. The molecule has 0 unspecified atom stereocenters. The zero-order valence-electron chi connectivity index (χ0n) is 16.4. The Bertz CT molecular complexity index is 1180.